The SMILES string of the molecule is C=CCOc1ccc(/C(O)=C2/C(=O)C(=O)N(CCN(CC)CC)C2c2ccc(OCCC)cc2)cc1. The van der Waals surface area contributed by atoms with Gasteiger partial charge in [0.1, 0.15) is 23.9 Å². The minimum absolute atomic E-state index is 0.0848. The van der Waals surface area contributed by atoms with Gasteiger partial charge in [-0.15, -0.1) is 0 Å². The van der Waals surface area contributed by atoms with Gasteiger partial charge >= 0.3 is 0 Å². The molecule has 1 fully saturated rings. The van der Waals surface area contributed by atoms with E-state index in [0.717, 1.165) is 30.8 Å². The standard InChI is InChI=1S/C29H36N2O5/c1-5-19-35-23-13-9-21(10-14-23)26-25(27(32)22-11-15-24(16-12-22)36-20-6-2)28(33)29(34)31(26)18-17-30(7-3)8-4/h6,9-16,26,32H,2,5,7-8,17-20H2,1,3-4H3/b27-25-. The predicted molar refractivity (Wildman–Crippen MR) is 141 cm³/mol. The quantitative estimate of drug-likeness (QED) is 0.187. The van der Waals surface area contributed by atoms with Gasteiger partial charge in [-0.3, -0.25) is 9.59 Å². The monoisotopic (exact) mass is 492 g/mol. The van der Waals surface area contributed by atoms with Gasteiger partial charge in [0.15, 0.2) is 0 Å². The molecule has 1 N–H and O–H groups in total. The number of rotatable bonds is 13. The first-order chi connectivity index (χ1) is 17.4. The third-order valence-corrected chi connectivity index (χ3v) is 6.26. The van der Waals surface area contributed by atoms with Crippen LogP contribution in [0.1, 0.15) is 44.4 Å². The number of aliphatic hydroxyl groups is 1. The average molecular weight is 493 g/mol. The number of likely N-dealkylation sites (N-methyl/N-ethyl adjacent to an activating group) is 1. The molecule has 7 nitrogen and oxygen atoms in total. The summed E-state index contributed by atoms with van der Waals surface area (Å²) in [6.45, 7) is 13.4. The van der Waals surface area contributed by atoms with Crippen molar-refractivity contribution < 1.29 is 24.2 Å². The molecule has 1 heterocycles. The molecule has 7 heteroatoms. The molecule has 192 valence electrons. The van der Waals surface area contributed by atoms with Crippen molar-refractivity contribution in [3.63, 3.8) is 0 Å². The van der Waals surface area contributed by atoms with E-state index in [-0.39, 0.29) is 11.3 Å². The Hall–Kier alpha value is -3.58. The van der Waals surface area contributed by atoms with Crippen LogP contribution in [0, 0.1) is 0 Å². The number of amides is 1. The molecule has 2 aromatic rings. The highest BCUT2D eigenvalue weighted by molar-refractivity contribution is 6.46. The maximum atomic E-state index is 13.2. The molecule has 36 heavy (non-hydrogen) atoms. The Morgan fingerprint density at radius 1 is 1.00 bits per heavy atom. The number of likely N-dealkylation sites (tertiary alicyclic amines) is 1. The topological polar surface area (TPSA) is 79.3 Å². The Bertz CT molecular complexity index is 1070. The summed E-state index contributed by atoms with van der Waals surface area (Å²) in [6, 6.07) is 13.5. The van der Waals surface area contributed by atoms with Crippen LogP contribution in [0.3, 0.4) is 0 Å². The molecule has 3 rings (SSSR count). The first-order valence-corrected chi connectivity index (χ1v) is 12.5. The van der Waals surface area contributed by atoms with Gasteiger partial charge < -0.3 is 24.4 Å². The van der Waals surface area contributed by atoms with Gasteiger partial charge in [-0.2, -0.15) is 0 Å². The van der Waals surface area contributed by atoms with Crippen LogP contribution in [0.5, 0.6) is 11.5 Å². The number of aliphatic hydroxyl groups excluding tert-OH is 1. The minimum Gasteiger partial charge on any atom is -0.507 e. The van der Waals surface area contributed by atoms with Crippen molar-refractivity contribution in [3.8, 4) is 11.5 Å². The summed E-state index contributed by atoms with van der Waals surface area (Å²) >= 11 is 0. The van der Waals surface area contributed by atoms with Crippen LogP contribution < -0.4 is 9.47 Å². The number of ether oxygens (including phenoxy) is 2. The lowest BCUT2D eigenvalue weighted by atomic mass is 9.95. The molecule has 1 aliphatic heterocycles. The van der Waals surface area contributed by atoms with Crippen molar-refractivity contribution >= 4 is 17.4 Å². The number of hydrogen-bond donors (Lipinski definition) is 1. The van der Waals surface area contributed by atoms with Crippen molar-refractivity contribution in [1.82, 2.24) is 9.80 Å². The molecule has 0 aliphatic carbocycles. The number of carbonyl (C=O) groups excluding carboxylic acids is 2. The van der Waals surface area contributed by atoms with Crippen LogP contribution in [-0.2, 0) is 9.59 Å². The Labute approximate surface area is 213 Å². The molecule has 1 aliphatic rings. The maximum absolute atomic E-state index is 13.2. The molecular weight excluding hydrogens is 456 g/mol. The van der Waals surface area contributed by atoms with E-state index in [1.165, 1.54) is 0 Å². The third kappa shape index (κ3) is 6.15. The van der Waals surface area contributed by atoms with Crippen LogP contribution >= 0.6 is 0 Å². The van der Waals surface area contributed by atoms with E-state index in [0.29, 0.717) is 37.6 Å². The molecule has 1 atom stereocenters. The van der Waals surface area contributed by atoms with Crippen molar-refractivity contribution in [3.05, 3.63) is 77.9 Å². The van der Waals surface area contributed by atoms with Crippen molar-refractivity contribution in [1.29, 1.82) is 0 Å². The lowest BCUT2D eigenvalue weighted by Gasteiger charge is -2.28. The summed E-state index contributed by atoms with van der Waals surface area (Å²) in [5.41, 5.74) is 1.27. The van der Waals surface area contributed by atoms with Gasteiger partial charge in [0.25, 0.3) is 11.7 Å². The number of ketones is 1. The fraction of sp³-hybridized carbons (Fsp3) is 0.379. The van der Waals surface area contributed by atoms with Crippen molar-refractivity contribution in [2.75, 3.05) is 39.4 Å². The van der Waals surface area contributed by atoms with E-state index >= 15 is 0 Å². The molecule has 1 saturated heterocycles. The van der Waals surface area contributed by atoms with Crippen LogP contribution in [0.2, 0.25) is 0 Å². The second-order valence-corrected chi connectivity index (χ2v) is 8.56. The second-order valence-electron chi connectivity index (χ2n) is 8.56. The fourth-order valence-electron chi connectivity index (χ4n) is 4.23. The zero-order valence-electron chi connectivity index (χ0n) is 21.4. The maximum Gasteiger partial charge on any atom is 0.295 e. The van der Waals surface area contributed by atoms with E-state index in [2.05, 4.69) is 25.3 Å². The van der Waals surface area contributed by atoms with Crippen LogP contribution in [0.25, 0.3) is 5.76 Å². The van der Waals surface area contributed by atoms with Crippen molar-refractivity contribution in [2.45, 2.75) is 33.2 Å². The molecule has 0 radical (unpaired) electrons. The summed E-state index contributed by atoms with van der Waals surface area (Å²) in [5.74, 6) is -0.160. The first-order valence-electron chi connectivity index (χ1n) is 12.5. The second kappa shape index (κ2) is 12.9. The Morgan fingerprint density at radius 2 is 1.61 bits per heavy atom. The van der Waals surface area contributed by atoms with Crippen molar-refractivity contribution in [2.24, 2.45) is 0 Å². The molecule has 0 bridgehead atoms. The highest BCUT2D eigenvalue weighted by Gasteiger charge is 2.46. The highest BCUT2D eigenvalue weighted by Crippen LogP contribution is 2.40. The van der Waals surface area contributed by atoms with E-state index in [1.54, 1.807) is 35.2 Å². The third-order valence-electron chi connectivity index (χ3n) is 6.26. The molecule has 1 unspecified atom stereocenters. The molecule has 2 aromatic carbocycles. The van der Waals surface area contributed by atoms with Gasteiger partial charge in [0.05, 0.1) is 18.2 Å². The minimum atomic E-state index is -0.697. The lowest BCUT2D eigenvalue weighted by molar-refractivity contribution is -0.140. The van der Waals surface area contributed by atoms with Crippen LogP contribution in [-0.4, -0.2) is 66.0 Å². The normalized spacial score (nSPS) is 17.0. The van der Waals surface area contributed by atoms with E-state index in [1.807, 2.05) is 31.2 Å². The van der Waals surface area contributed by atoms with Crippen LogP contribution in [0.4, 0.5) is 0 Å². The lowest BCUT2D eigenvalue weighted by Crippen LogP contribution is -2.38. The highest BCUT2D eigenvalue weighted by atomic mass is 16.5. The zero-order chi connectivity index (χ0) is 26.1. The van der Waals surface area contributed by atoms with Gasteiger partial charge in [-0.05, 0) is 61.5 Å². The molecule has 0 aromatic heterocycles. The average Bonchev–Trinajstić information content (AvgIpc) is 3.16. The fourth-order valence-corrected chi connectivity index (χ4v) is 4.23. The Balaban J connectivity index is 2.01. The first kappa shape index (κ1) is 27.0. The number of hydrogen-bond acceptors (Lipinski definition) is 6. The molecule has 0 spiro atoms. The number of Topliss-reactive ketones (excluding diaryl/α,β-unsaturated/α-hetero) is 1. The van der Waals surface area contributed by atoms with Gasteiger partial charge in [0, 0.05) is 18.7 Å². The Kier molecular flexibility index (Phi) is 9.70. The zero-order valence-corrected chi connectivity index (χ0v) is 21.4. The molecular formula is C29H36N2O5. The largest absolute Gasteiger partial charge is 0.507 e. The number of nitrogens with zero attached hydrogens (tertiary/aromatic N) is 2. The van der Waals surface area contributed by atoms with Gasteiger partial charge in [-0.1, -0.05) is 45.6 Å². The number of carbonyl (C=O) groups is 2. The summed E-state index contributed by atoms with van der Waals surface area (Å²) in [4.78, 5) is 30.2. The Morgan fingerprint density at radius 3 is 2.19 bits per heavy atom. The summed E-state index contributed by atoms with van der Waals surface area (Å²) < 4.78 is 11.2. The summed E-state index contributed by atoms with van der Waals surface area (Å²) in [7, 11) is 0. The predicted octanol–water partition coefficient (Wildman–Crippen LogP) is 4.80. The summed E-state index contributed by atoms with van der Waals surface area (Å²) in [5, 5.41) is 11.3. The van der Waals surface area contributed by atoms with Gasteiger partial charge in [-0.25, -0.2) is 0 Å². The van der Waals surface area contributed by atoms with Gasteiger partial charge in [0.2, 0.25) is 0 Å². The van der Waals surface area contributed by atoms with E-state index in [4.69, 9.17) is 9.47 Å². The summed E-state index contributed by atoms with van der Waals surface area (Å²) in [6.07, 6.45) is 2.54. The molecule has 1 amide bonds. The van der Waals surface area contributed by atoms with E-state index in [9.17, 15) is 14.7 Å². The smallest absolute Gasteiger partial charge is 0.295 e. The number of benzene rings is 2. The van der Waals surface area contributed by atoms with Crippen LogP contribution in [0.15, 0.2) is 66.8 Å². The molecule has 0 saturated carbocycles. The van der Waals surface area contributed by atoms with E-state index < -0.39 is 17.7 Å².